The third kappa shape index (κ3) is 6.99. The highest BCUT2D eigenvalue weighted by molar-refractivity contribution is 14.1. The molecule has 8 nitrogen and oxygen atoms in total. The van der Waals surface area contributed by atoms with Crippen molar-refractivity contribution in [2.45, 2.75) is 26.5 Å². The Hall–Kier alpha value is -3.17. The average Bonchev–Trinajstić information content (AvgIpc) is 3.32. The van der Waals surface area contributed by atoms with Crippen molar-refractivity contribution in [3.63, 3.8) is 0 Å². The van der Waals surface area contributed by atoms with E-state index in [1.807, 2.05) is 56.3 Å². The lowest BCUT2D eigenvalue weighted by molar-refractivity contribution is -0.136. The maximum Gasteiger partial charge on any atom is 0.337 e. The molecule has 1 aromatic heterocycles. The summed E-state index contributed by atoms with van der Waals surface area (Å²) in [5.41, 5.74) is 2.60. The summed E-state index contributed by atoms with van der Waals surface area (Å²) in [6, 6.07) is 18.7. The number of carbonyl (C=O) groups is 1. The SMILES string of the molecule is CCOc1ccc([C@H]2C(C(=O)OC)=CN=c3s/c(=C\c4ccc(OCc5ccc(I)cc5)c(I)c4)c(=O)n32)cc1OCC. The molecule has 43 heavy (non-hydrogen) atoms. The van der Waals surface area contributed by atoms with E-state index in [0.717, 1.165) is 20.4 Å². The molecule has 0 fully saturated rings. The third-order valence-corrected chi connectivity index (χ3v) is 9.13. The molecule has 1 aliphatic rings. The number of rotatable bonds is 10. The predicted molar refractivity (Wildman–Crippen MR) is 183 cm³/mol. The van der Waals surface area contributed by atoms with Crippen LogP contribution < -0.4 is 29.1 Å². The van der Waals surface area contributed by atoms with Gasteiger partial charge in [0.25, 0.3) is 5.56 Å². The highest BCUT2D eigenvalue weighted by Gasteiger charge is 2.31. The van der Waals surface area contributed by atoms with Gasteiger partial charge < -0.3 is 18.9 Å². The molecule has 0 bridgehead atoms. The normalized spacial score (nSPS) is 14.4. The number of fused-ring (bicyclic) bond motifs is 1. The van der Waals surface area contributed by atoms with Gasteiger partial charge in [-0.25, -0.2) is 9.79 Å². The van der Waals surface area contributed by atoms with Crippen molar-refractivity contribution in [2.75, 3.05) is 20.3 Å². The van der Waals surface area contributed by atoms with Gasteiger partial charge >= 0.3 is 5.97 Å². The number of thiazole rings is 1. The molecule has 0 unspecified atom stereocenters. The second-order valence-electron chi connectivity index (χ2n) is 9.35. The Labute approximate surface area is 279 Å². The topological polar surface area (TPSA) is 88.4 Å². The minimum atomic E-state index is -0.752. The number of ether oxygens (including phenoxy) is 4. The molecular weight excluding hydrogens is 794 g/mol. The van der Waals surface area contributed by atoms with E-state index in [0.29, 0.717) is 46.2 Å². The first-order chi connectivity index (χ1) is 20.8. The Morgan fingerprint density at radius 1 is 0.953 bits per heavy atom. The molecule has 222 valence electrons. The number of esters is 1. The van der Waals surface area contributed by atoms with Crippen LogP contribution in [0, 0.1) is 7.14 Å². The van der Waals surface area contributed by atoms with Crippen LogP contribution in [0.25, 0.3) is 6.08 Å². The Balaban J connectivity index is 1.51. The van der Waals surface area contributed by atoms with Crippen molar-refractivity contribution in [3.8, 4) is 17.2 Å². The average molecular weight is 822 g/mol. The van der Waals surface area contributed by atoms with Crippen molar-refractivity contribution in [1.29, 1.82) is 0 Å². The van der Waals surface area contributed by atoms with Crippen LogP contribution in [0.15, 0.2) is 82.2 Å². The van der Waals surface area contributed by atoms with Gasteiger partial charge in [-0.1, -0.05) is 35.6 Å². The van der Waals surface area contributed by atoms with Gasteiger partial charge in [-0.3, -0.25) is 9.36 Å². The first-order valence-corrected chi connectivity index (χ1v) is 16.5. The van der Waals surface area contributed by atoms with Gasteiger partial charge in [0.15, 0.2) is 16.3 Å². The molecular formula is C32H28I2N2O6S. The number of hydrogen-bond acceptors (Lipinski definition) is 8. The summed E-state index contributed by atoms with van der Waals surface area (Å²) in [7, 11) is 1.31. The maximum atomic E-state index is 13.9. The Morgan fingerprint density at radius 2 is 1.67 bits per heavy atom. The zero-order valence-corrected chi connectivity index (χ0v) is 28.8. The van der Waals surface area contributed by atoms with E-state index < -0.39 is 12.0 Å². The molecule has 0 spiro atoms. The molecule has 1 atom stereocenters. The molecule has 0 N–H and O–H groups in total. The lowest BCUT2D eigenvalue weighted by atomic mass is 9.97. The second kappa shape index (κ2) is 14.1. The molecule has 3 aromatic carbocycles. The summed E-state index contributed by atoms with van der Waals surface area (Å²) >= 11 is 5.78. The van der Waals surface area contributed by atoms with E-state index in [9.17, 15) is 9.59 Å². The van der Waals surface area contributed by atoms with Crippen molar-refractivity contribution in [1.82, 2.24) is 4.57 Å². The van der Waals surface area contributed by atoms with Crippen LogP contribution in [0.1, 0.15) is 36.6 Å². The van der Waals surface area contributed by atoms with Crippen LogP contribution in [0.3, 0.4) is 0 Å². The van der Waals surface area contributed by atoms with E-state index in [2.05, 4.69) is 62.3 Å². The fourth-order valence-electron chi connectivity index (χ4n) is 4.60. The molecule has 2 heterocycles. The summed E-state index contributed by atoms with van der Waals surface area (Å²) in [4.78, 5) is 31.7. The fourth-order valence-corrected chi connectivity index (χ4v) is 6.63. The lowest BCUT2D eigenvalue weighted by Gasteiger charge is -2.23. The van der Waals surface area contributed by atoms with Gasteiger partial charge in [-0.2, -0.15) is 0 Å². The van der Waals surface area contributed by atoms with Crippen LogP contribution in [0.5, 0.6) is 17.2 Å². The Bertz CT molecular complexity index is 1860. The first kappa shape index (κ1) is 31.3. The van der Waals surface area contributed by atoms with E-state index in [-0.39, 0.29) is 11.1 Å². The highest BCUT2D eigenvalue weighted by Crippen LogP contribution is 2.35. The highest BCUT2D eigenvalue weighted by atomic mass is 127. The predicted octanol–water partition coefficient (Wildman–Crippen LogP) is 5.60. The number of halogens is 2. The quantitative estimate of drug-likeness (QED) is 0.153. The molecule has 4 aromatic rings. The van der Waals surface area contributed by atoms with Crippen LogP contribution >= 0.6 is 56.5 Å². The third-order valence-electron chi connectivity index (χ3n) is 6.57. The van der Waals surface area contributed by atoms with Gasteiger partial charge in [-0.05, 0) is 118 Å². The largest absolute Gasteiger partial charge is 0.490 e. The number of carbonyl (C=O) groups excluding carboxylic acids is 1. The summed E-state index contributed by atoms with van der Waals surface area (Å²) in [6.45, 7) is 5.15. The molecule has 1 aliphatic heterocycles. The monoisotopic (exact) mass is 822 g/mol. The summed E-state index contributed by atoms with van der Waals surface area (Å²) in [5, 5.41) is 0. The number of aromatic nitrogens is 1. The zero-order valence-electron chi connectivity index (χ0n) is 23.6. The summed E-state index contributed by atoms with van der Waals surface area (Å²) in [6.07, 6.45) is 3.31. The van der Waals surface area contributed by atoms with Gasteiger partial charge in [0.1, 0.15) is 12.4 Å². The van der Waals surface area contributed by atoms with Crippen LogP contribution in [0.4, 0.5) is 0 Å². The van der Waals surface area contributed by atoms with E-state index in [4.69, 9.17) is 18.9 Å². The molecule has 5 rings (SSSR count). The maximum absolute atomic E-state index is 13.9. The van der Waals surface area contributed by atoms with Crippen molar-refractivity contribution < 1.29 is 23.7 Å². The number of hydrogen-bond donors (Lipinski definition) is 0. The van der Waals surface area contributed by atoms with Crippen LogP contribution in [0.2, 0.25) is 0 Å². The van der Waals surface area contributed by atoms with Crippen molar-refractivity contribution in [2.24, 2.45) is 4.99 Å². The van der Waals surface area contributed by atoms with Gasteiger partial charge in [-0.15, -0.1) is 0 Å². The van der Waals surface area contributed by atoms with Gasteiger partial charge in [0.2, 0.25) is 0 Å². The summed E-state index contributed by atoms with van der Waals surface area (Å²) in [5.74, 6) is 1.32. The molecule has 0 amide bonds. The molecule has 0 saturated carbocycles. The van der Waals surface area contributed by atoms with E-state index in [1.54, 1.807) is 12.1 Å². The standard InChI is InChI=1S/C32H28I2N2O6S/c1-4-40-26-13-9-21(16-27(26)41-5-2)29-23(31(38)39-3)17-35-32-36(29)30(37)28(43-32)15-20-8-12-25(24(34)14-20)42-18-19-6-10-22(33)11-7-19/h6-17,29H,4-5,18H2,1-3H3/b28-15-/t29-/m0/s1. The molecule has 0 radical (unpaired) electrons. The molecule has 0 saturated heterocycles. The van der Waals surface area contributed by atoms with Crippen molar-refractivity contribution in [3.05, 3.63) is 116 Å². The fraction of sp³-hybridized carbons (Fsp3) is 0.219. The number of benzene rings is 3. The van der Waals surface area contributed by atoms with Crippen LogP contribution in [-0.4, -0.2) is 30.9 Å². The van der Waals surface area contributed by atoms with Crippen LogP contribution in [-0.2, 0) is 16.1 Å². The van der Waals surface area contributed by atoms with Crippen molar-refractivity contribution >= 4 is 68.6 Å². The van der Waals surface area contributed by atoms with E-state index in [1.165, 1.54) is 32.8 Å². The van der Waals surface area contributed by atoms with Gasteiger partial charge in [0, 0.05) is 9.77 Å². The molecule has 11 heteroatoms. The van der Waals surface area contributed by atoms with Gasteiger partial charge in [0.05, 0.1) is 40.0 Å². The lowest BCUT2D eigenvalue weighted by Crippen LogP contribution is -2.39. The Morgan fingerprint density at radius 3 is 2.37 bits per heavy atom. The smallest absolute Gasteiger partial charge is 0.337 e. The minimum absolute atomic E-state index is 0.247. The first-order valence-electron chi connectivity index (χ1n) is 13.5. The minimum Gasteiger partial charge on any atom is -0.490 e. The van der Waals surface area contributed by atoms with E-state index >= 15 is 0 Å². The molecule has 0 aliphatic carbocycles. The number of methoxy groups -OCH3 is 1. The Kier molecular flexibility index (Phi) is 10.2. The second-order valence-corrected chi connectivity index (χ2v) is 12.8. The summed E-state index contributed by atoms with van der Waals surface area (Å²) < 4.78 is 26.8. The number of nitrogens with zero attached hydrogens (tertiary/aromatic N) is 2. The zero-order chi connectivity index (χ0) is 30.5.